The summed E-state index contributed by atoms with van der Waals surface area (Å²) in [7, 11) is 0. The van der Waals surface area contributed by atoms with Crippen LogP contribution in [0.4, 0.5) is 5.69 Å². The number of hydrogen-bond acceptors (Lipinski definition) is 6. The Balaban J connectivity index is 0.00000385. The number of hydrogen-bond donors (Lipinski definition) is 2. The second-order valence-corrected chi connectivity index (χ2v) is 7.80. The Labute approximate surface area is 203 Å². The molecule has 0 aliphatic heterocycles. The maximum absolute atomic E-state index is 12.7. The van der Waals surface area contributed by atoms with Crippen LogP contribution in [0.3, 0.4) is 0 Å². The minimum atomic E-state index is -0.397. The number of ether oxygens (including phenoxy) is 2. The Morgan fingerprint density at radius 2 is 1.85 bits per heavy atom. The van der Waals surface area contributed by atoms with Gasteiger partial charge in [0, 0.05) is 22.7 Å². The van der Waals surface area contributed by atoms with Gasteiger partial charge in [-0.1, -0.05) is 11.6 Å². The number of esters is 1. The third kappa shape index (κ3) is 6.33. The van der Waals surface area contributed by atoms with Gasteiger partial charge in [-0.3, -0.25) is 19.8 Å². The minimum Gasteiger partial charge on any atom is -0.478 e. The molecule has 1 unspecified atom stereocenters. The number of nitrogens with one attached hydrogen (secondary N) is 2. The van der Waals surface area contributed by atoms with Crippen molar-refractivity contribution in [2.45, 2.75) is 33.1 Å². The zero-order valence-electron chi connectivity index (χ0n) is 18.4. The molecule has 1 atom stereocenters. The van der Waals surface area contributed by atoms with E-state index >= 15 is 0 Å². The molecule has 0 spiro atoms. The minimum absolute atomic E-state index is 0. The molecule has 1 amide bonds. The molecule has 3 rings (SSSR count). The first-order valence-electron chi connectivity index (χ1n) is 10.5. The number of amides is 1. The fourth-order valence-corrected chi connectivity index (χ4v) is 3.95. The number of anilines is 1. The Bertz CT molecular complexity index is 1070. The maximum Gasteiger partial charge on any atom is 0.306 e. The molecule has 176 valence electrons. The molecule has 1 aliphatic rings. The lowest BCUT2D eigenvalue weighted by molar-refractivity contribution is -0.144. The summed E-state index contributed by atoms with van der Waals surface area (Å²) in [6, 6.07) is 9.78. The predicted octanol–water partition coefficient (Wildman–Crippen LogP) is 5.07. The fraction of sp³-hybridized carbons (Fsp3) is 0.333. The molecule has 2 N–H and O–H groups in total. The quantitative estimate of drug-likeness (QED) is 0.318. The maximum atomic E-state index is 12.7. The van der Waals surface area contributed by atoms with Crippen LogP contribution in [-0.4, -0.2) is 36.8 Å². The molecular weight excluding hydrogens is 467 g/mol. The highest BCUT2D eigenvalue weighted by Crippen LogP contribution is 2.30. The van der Waals surface area contributed by atoms with Gasteiger partial charge in [-0.05, 0) is 68.7 Å². The van der Waals surface area contributed by atoms with Gasteiger partial charge in [-0.25, -0.2) is 0 Å². The molecule has 0 radical (unpaired) electrons. The van der Waals surface area contributed by atoms with E-state index in [-0.39, 0.29) is 53.0 Å². The SMILES string of the molecule is CCOC(=N)c1ccc(C(=O)Nc2ccc3c(c2)CCC(CC(=O)OCC)C3=O)c(Cl)c1.Cl. The van der Waals surface area contributed by atoms with Gasteiger partial charge in [0.25, 0.3) is 5.91 Å². The molecule has 2 aromatic rings. The lowest BCUT2D eigenvalue weighted by Gasteiger charge is -2.23. The van der Waals surface area contributed by atoms with Crippen LogP contribution in [0.2, 0.25) is 5.02 Å². The van der Waals surface area contributed by atoms with Gasteiger partial charge in [0.05, 0.1) is 30.2 Å². The van der Waals surface area contributed by atoms with Gasteiger partial charge in [-0.15, -0.1) is 12.4 Å². The van der Waals surface area contributed by atoms with Crippen molar-refractivity contribution in [3.63, 3.8) is 0 Å². The zero-order valence-corrected chi connectivity index (χ0v) is 20.0. The molecule has 0 bridgehead atoms. The molecule has 0 aromatic heterocycles. The highest BCUT2D eigenvalue weighted by molar-refractivity contribution is 6.34. The largest absolute Gasteiger partial charge is 0.478 e. The van der Waals surface area contributed by atoms with Crippen molar-refractivity contribution in [1.82, 2.24) is 0 Å². The van der Waals surface area contributed by atoms with Crippen molar-refractivity contribution in [3.8, 4) is 0 Å². The molecule has 0 saturated heterocycles. The van der Waals surface area contributed by atoms with Crippen molar-refractivity contribution in [1.29, 1.82) is 5.41 Å². The van der Waals surface area contributed by atoms with E-state index in [0.717, 1.165) is 5.56 Å². The molecule has 7 nitrogen and oxygen atoms in total. The molecule has 0 heterocycles. The number of carbonyl (C=O) groups is 3. The second kappa shape index (κ2) is 11.8. The zero-order chi connectivity index (χ0) is 23.3. The number of ketones is 1. The standard InChI is InChI=1S/C24H25ClN2O5.ClH/c1-3-31-21(28)13-15-6-5-14-11-17(8-10-18(14)22(15)29)27-24(30)19-9-7-16(12-20(19)25)23(26)32-4-2;/h7-12,15,26H,3-6,13H2,1-2H3,(H,27,30);1H. The number of rotatable bonds is 7. The third-order valence-electron chi connectivity index (χ3n) is 5.24. The Hall–Kier alpha value is -2.90. The van der Waals surface area contributed by atoms with Crippen LogP contribution < -0.4 is 5.32 Å². The topological polar surface area (TPSA) is 106 Å². The normalized spacial score (nSPS) is 14.5. The monoisotopic (exact) mass is 492 g/mol. The Morgan fingerprint density at radius 3 is 2.52 bits per heavy atom. The van der Waals surface area contributed by atoms with Crippen LogP contribution in [0, 0.1) is 11.3 Å². The molecule has 2 aromatic carbocycles. The number of benzene rings is 2. The summed E-state index contributed by atoms with van der Waals surface area (Å²) in [6.07, 6.45) is 1.27. The van der Waals surface area contributed by atoms with Crippen LogP contribution in [0.15, 0.2) is 36.4 Å². The summed E-state index contributed by atoms with van der Waals surface area (Å²) in [6.45, 7) is 4.17. The molecule has 1 aliphatic carbocycles. The van der Waals surface area contributed by atoms with Crippen molar-refractivity contribution in [2.24, 2.45) is 5.92 Å². The van der Waals surface area contributed by atoms with Gasteiger partial charge >= 0.3 is 5.97 Å². The highest BCUT2D eigenvalue weighted by Gasteiger charge is 2.29. The first-order chi connectivity index (χ1) is 15.3. The Kier molecular flexibility index (Phi) is 9.44. The summed E-state index contributed by atoms with van der Waals surface area (Å²) >= 11 is 6.25. The second-order valence-electron chi connectivity index (χ2n) is 7.39. The predicted molar refractivity (Wildman–Crippen MR) is 129 cm³/mol. The lowest BCUT2D eigenvalue weighted by Crippen LogP contribution is -2.26. The molecule has 0 saturated carbocycles. The first-order valence-corrected chi connectivity index (χ1v) is 10.9. The summed E-state index contributed by atoms with van der Waals surface area (Å²) in [5.74, 6) is -1.23. The fourth-order valence-electron chi connectivity index (χ4n) is 3.68. The van der Waals surface area contributed by atoms with E-state index in [1.54, 1.807) is 44.2 Å². The average Bonchev–Trinajstić information content (AvgIpc) is 2.76. The molecule has 0 fully saturated rings. The van der Waals surface area contributed by atoms with Gasteiger partial charge in [0.2, 0.25) is 5.90 Å². The van der Waals surface area contributed by atoms with E-state index in [0.29, 0.717) is 42.9 Å². The number of halogens is 2. The van der Waals surface area contributed by atoms with Crippen LogP contribution in [0.5, 0.6) is 0 Å². The van der Waals surface area contributed by atoms with E-state index in [4.69, 9.17) is 26.5 Å². The van der Waals surface area contributed by atoms with Crippen LogP contribution in [-0.2, 0) is 20.7 Å². The molecular formula is C24H26Cl2N2O5. The number of aryl methyl sites for hydroxylation is 1. The summed E-state index contributed by atoms with van der Waals surface area (Å²) in [5.41, 5.74) is 2.70. The van der Waals surface area contributed by atoms with Gasteiger partial charge < -0.3 is 14.8 Å². The number of Topliss-reactive ketones (excluding diaryl/α,β-unsaturated/α-hetero) is 1. The van der Waals surface area contributed by atoms with Gasteiger partial charge in [-0.2, -0.15) is 0 Å². The van der Waals surface area contributed by atoms with Crippen molar-refractivity contribution >= 4 is 53.3 Å². The third-order valence-corrected chi connectivity index (χ3v) is 5.56. The van der Waals surface area contributed by atoms with E-state index in [1.165, 1.54) is 6.07 Å². The summed E-state index contributed by atoms with van der Waals surface area (Å²) < 4.78 is 10.1. The lowest BCUT2D eigenvalue weighted by atomic mass is 9.81. The van der Waals surface area contributed by atoms with Crippen molar-refractivity contribution < 1.29 is 23.9 Å². The van der Waals surface area contributed by atoms with Crippen molar-refractivity contribution in [2.75, 3.05) is 18.5 Å². The summed E-state index contributed by atoms with van der Waals surface area (Å²) in [4.78, 5) is 37.2. The molecule has 9 heteroatoms. The van der Waals surface area contributed by atoms with E-state index < -0.39 is 5.91 Å². The first kappa shape index (κ1) is 26.4. The average molecular weight is 493 g/mol. The van der Waals surface area contributed by atoms with E-state index in [2.05, 4.69) is 5.32 Å². The van der Waals surface area contributed by atoms with Gasteiger partial charge in [0.15, 0.2) is 5.78 Å². The number of fused-ring (bicyclic) bond motifs is 1. The van der Waals surface area contributed by atoms with E-state index in [1.807, 2.05) is 0 Å². The number of carbonyl (C=O) groups excluding carboxylic acids is 3. The molecule has 33 heavy (non-hydrogen) atoms. The highest BCUT2D eigenvalue weighted by atomic mass is 35.5. The van der Waals surface area contributed by atoms with Crippen LogP contribution in [0.25, 0.3) is 0 Å². The van der Waals surface area contributed by atoms with E-state index in [9.17, 15) is 14.4 Å². The van der Waals surface area contributed by atoms with Crippen LogP contribution >= 0.6 is 24.0 Å². The smallest absolute Gasteiger partial charge is 0.306 e. The Morgan fingerprint density at radius 1 is 1.12 bits per heavy atom. The summed E-state index contributed by atoms with van der Waals surface area (Å²) in [5, 5.41) is 10.8. The van der Waals surface area contributed by atoms with Crippen LogP contribution in [0.1, 0.15) is 58.5 Å². The van der Waals surface area contributed by atoms with Crippen molar-refractivity contribution in [3.05, 3.63) is 63.7 Å². The van der Waals surface area contributed by atoms with Gasteiger partial charge in [0.1, 0.15) is 0 Å².